The minimum Gasteiger partial charge on any atom is -0.328 e. The number of fused-ring (bicyclic) bond motifs is 1. The Kier molecular flexibility index (Phi) is 3.43. The summed E-state index contributed by atoms with van der Waals surface area (Å²) in [5, 5.41) is 8.49. The lowest BCUT2D eigenvalue weighted by Crippen LogP contribution is -2.33. The highest BCUT2D eigenvalue weighted by molar-refractivity contribution is 6.42. The van der Waals surface area contributed by atoms with E-state index in [0.717, 1.165) is 23.3 Å². The topological polar surface area (TPSA) is 59.8 Å². The first-order valence-electron chi connectivity index (χ1n) is 7.42. The lowest BCUT2D eigenvalue weighted by atomic mass is 9.81. The molecule has 2 heterocycles. The minimum atomic E-state index is -0.321. The zero-order chi connectivity index (χ0) is 16.1. The Labute approximate surface area is 143 Å². The van der Waals surface area contributed by atoms with Crippen LogP contribution in [0.1, 0.15) is 31.4 Å². The lowest BCUT2D eigenvalue weighted by Gasteiger charge is -2.34. The molecule has 0 amide bonds. The summed E-state index contributed by atoms with van der Waals surface area (Å²) in [4.78, 5) is 16.9. The van der Waals surface area contributed by atoms with E-state index < -0.39 is 0 Å². The number of hydrogen-bond acceptors (Lipinski definition) is 4. The van der Waals surface area contributed by atoms with E-state index in [0.29, 0.717) is 28.3 Å². The molecule has 118 valence electrons. The third-order valence-electron chi connectivity index (χ3n) is 4.33. The van der Waals surface area contributed by atoms with Crippen LogP contribution in [0.5, 0.6) is 0 Å². The average molecular weight is 349 g/mol. The molecule has 1 N–H and O–H groups in total. The molecule has 0 radical (unpaired) electrons. The molecule has 0 spiro atoms. The predicted molar refractivity (Wildman–Crippen MR) is 88.7 cm³/mol. The van der Waals surface area contributed by atoms with Gasteiger partial charge in [0.2, 0.25) is 5.95 Å². The van der Waals surface area contributed by atoms with E-state index in [1.54, 1.807) is 16.8 Å². The van der Waals surface area contributed by atoms with Crippen LogP contribution < -0.4 is 5.32 Å². The van der Waals surface area contributed by atoms with Gasteiger partial charge in [0, 0.05) is 17.7 Å². The number of nitrogens with zero attached hydrogens (tertiary/aromatic N) is 3. The Bertz CT molecular complexity index is 842. The van der Waals surface area contributed by atoms with Crippen LogP contribution in [-0.2, 0) is 4.79 Å². The fourth-order valence-electron chi connectivity index (χ4n) is 3.34. The van der Waals surface area contributed by atoms with Gasteiger partial charge in [-0.25, -0.2) is 4.68 Å². The number of Topliss-reactive ketones (excluding diaryl/α,β-unsaturated/α-hetero) is 1. The van der Waals surface area contributed by atoms with Gasteiger partial charge in [-0.05, 0) is 30.0 Å². The van der Waals surface area contributed by atoms with Crippen LogP contribution in [-0.4, -0.2) is 20.5 Å². The van der Waals surface area contributed by atoms with Crippen molar-refractivity contribution in [3.8, 4) is 0 Å². The van der Waals surface area contributed by atoms with Crippen LogP contribution >= 0.6 is 23.2 Å². The maximum atomic E-state index is 12.7. The Morgan fingerprint density at radius 3 is 2.87 bits per heavy atom. The summed E-state index contributed by atoms with van der Waals surface area (Å²) >= 11 is 12.2. The molecule has 1 aromatic heterocycles. The lowest BCUT2D eigenvalue weighted by molar-refractivity contribution is -0.117. The molecule has 0 saturated heterocycles. The molecule has 1 aliphatic carbocycles. The summed E-state index contributed by atoms with van der Waals surface area (Å²) in [6.07, 6.45) is 2.85. The second kappa shape index (κ2) is 5.35. The molecular weight excluding hydrogens is 335 g/mol. The van der Waals surface area contributed by atoms with E-state index in [2.05, 4.69) is 22.3 Å². The normalized spacial score (nSPS) is 23.3. The molecular formula is C16H14Cl2N4O. The maximum absolute atomic E-state index is 12.7. The van der Waals surface area contributed by atoms with Gasteiger partial charge in [-0.2, -0.15) is 10.1 Å². The number of ketones is 1. The second-order valence-electron chi connectivity index (χ2n) is 6.06. The van der Waals surface area contributed by atoms with Crippen LogP contribution in [0.15, 0.2) is 35.8 Å². The Balaban J connectivity index is 1.91. The SMILES string of the molecule is C[C@H]1CC(=O)C2=C(C1)Nc1ncnn1[C@@H]2c1ccc(Cl)c(Cl)c1. The van der Waals surface area contributed by atoms with E-state index in [9.17, 15) is 4.79 Å². The predicted octanol–water partition coefficient (Wildman–Crippen LogP) is 3.85. The van der Waals surface area contributed by atoms with Crippen molar-refractivity contribution in [2.75, 3.05) is 5.32 Å². The molecule has 1 aromatic carbocycles. The number of rotatable bonds is 1. The number of allylic oxidation sites excluding steroid dienone is 2. The third kappa shape index (κ3) is 2.35. The number of anilines is 1. The van der Waals surface area contributed by atoms with Crippen LogP contribution in [0.25, 0.3) is 0 Å². The van der Waals surface area contributed by atoms with Gasteiger partial charge in [-0.1, -0.05) is 36.2 Å². The van der Waals surface area contributed by atoms with Gasteiger partial charge in [0.25, 0.3) is 0 Å². The zero-order valence-corrected chi connectivity index (χ0v) is 13.9. The largest absolute Gasteiger partial charge is 0.328 e. The van der Waals surface area contributed by atoms with E-state index in [-0.39, 0.29) is 11.8 Å². The van der Waals surface area contributed by atoms with Crippen molar-refractivity contribution in [3.05, 3.63) is 51.4 Å². The summed E-state index contributed by atoms with van der Waals surface area (Å²) in [6.45, 7) is 2.08. The van der Waals surface area contributed by atoms with Crippen molar-refractivity contribution in [2.45, 2.75) is 25.8 Å². The molecule has 2 aliphatic rings. The summed E-state index contributed by atoms with van der Waals surface area (Å²) < 4.78 is 1.73. The van der Waals surface area contributed by atoms with Crippen molar-refractivity contribution in [1.82, 2.24) is 14.8 Å². The van der Waals surface area contributed by atoms with E-state index in [1.807, 2.05) is 6.07 Å². The van der Waals surface area contributed by atoms with Crippen LogP contribution in [0.2, 0.25) is 10.0 Å². The molecule has 5 nitrogen and oxygen atoms in total. The van der Waals surface area contributed by atoms with Gasteiger partial charge in [-0.15, -0.1) is 0 Å². The molecule has 2 aromatic rings. The molecule has 23 heavy (non-hydrogen) atoms. The average Bonchev–Trinajstić information content (AvgIpc) is 2.95. The minimum absolute atomic E-state index is 0.142. The zero-order valence-electron chi connectivity index (χ0n) is 12.4. The monoisotopic (exact) mass is 348 g/mol. The molecule has 4 rings (SSSR count). The fraction of sp³-hybridized carbons (Fsp3) is 0.312. The molecule has 0 fully saturated rings. The van der Waals surface area contributed by atoms with Crippen molar-refractivity contribution in [2.24, 2.45) is 5.92 Å². The molecule has 2 atom stereocenters. The Morgan fingerprint density at radius 1 is 1.26 bits per heavy atom. The van der Waals surface area contributed by atoms with Gasteiger partial charge in [0.1, 0.15) is 12.4 Å². The standard InChI is InChI=1S/C16H14Cl2N4O/c1-8-4-12-14(13(23)5-8)15(22-16(21-12)19-7-20-22)9-2-3-10(17)11(18)6-9/h2-3,6-8,15H,4-5H2,1H3,(H,19,20,21)/t8-,15-/m1/s1. The van der Waals surface area contributed by atoms with E-state index in [1.165, 1.54) is 6.33 Å². The Morgan fingerprint density at radius 2 is 2.09 bits per heavy atom. The number of hydrogen-bond donors (Lipinski definition) is 1. The van der Waals surface area contributed by atoms with Gasteiger partial charge in [0.15, 0.2) is 5.78 Å². The van der Waals surface area contributed by atoms with Crippen molar-refractivity contribution in [1.29, 1.82) is 0 Å². The number of benzene rings is 1. The molecule has 0 saturated carbocycles. The van der Waals surface area contributed by atoms with Gasteiger partial charge < -0.3 is 5.32 Å². The van der Waals surface area contributed by atoms with Gasteiger partial charge in [0.05, 0.1) is 10.0 Å². The van der Waals surface area contributed by atoms with E-state index >= 15 is 0 Å². The number of aromatic nitrogens is 3. The van der Waals surface area contributed by atoms with E-state index in [4.69, 9.17) is 23.2 Å². The Hall–Kier alpha value is -1.85. The van der Waals surface area contributed by atoms with Crippen molar-refractivity contribution >= 4 is 34.9 Å². The maximum Gasteiger partial charge on any atom is 0.226 e. The van der Waals surface area contributed by atoms with Gasteiger partial charge >= 0.3 is 0 Å². The second-order valence-corrected chi connectivity index (χ2v) is 6.87. The summed E-state index contributed by atoms with van der Waals surface area (Å²) in [7, 11) is 0. The number of nitrogens with one attached hydrogen (secondary N) is 1. The highest BCUT2D eigenvalue weighted by Gasteiger charge is 2.37. The number of carbonyl (C=O) groups excluding carboxylic acids is 1. The van der Waals surface area contributed by atoms with Crippen LogP contribution in [0, 0.1) is 5.92 Å². The van der Waals surface area contributed by atoms with Crippen molar-refractivity contribution < 1.29 is 4.79 Å². The molecule has 0 bridgehead atoms. The smallest absolute Gasteiger partial charge is 0.226 e. The highest BCUT2D eigenvalue weighted by Crippen LogP contribution is 2.41. The first-order chi connectivity index (χ1) is 11.0. The van der Waals surface area contributed by atoms with Crippen LogP contribution in [0.3, 0.4) is 0 Å². The molecule has 7 heteroatoms. The molecule has 1 aliphatic heterocycles. The summed E-state index contributed by atoms with van der Waals surface area (Å²) in [5.74, 6) is 1.10. The van der Waals surface area contributed by atoms with Crippen LogP contribution in [0.4, 0.5) is 5.95 Å². The quantitative estimate of drug-likeness (QED) is 0.850. The highest BCUT2D eigenvalue weighted by atomic mass is 35.5. The number of halogens is 2. The van der Waals surface area contributed by atoms with Gasteiger partial charge in [-0.3, -0.25) is 4.79 Å². The third-order valence-corrected chi connectivity index (χ3v) is 5.06. The first kappa shape index (κ1) is 14.7. The fourth-order valence-corrected chi connectivity index (χ4v) is 3.64. The first-order valence-corrected chi connectivity index (χ1v) is 8.18. The summed E-state index contributed by atoms with van der Waals surface area (Å²) in [6, 6.07) is 5.10. The number of carbonyl (C=O) groups is 1. The molecule has 0 unspecified atom stereocenters. The summed E-state index contributed by atoms with van der Waals surface area (Å²) in [5.41, 5.74) is 2.56. The van der Waals surface area contributed by atoms with Crippen molar-refractivity contribution in [3.63, 3.8) is 0 Å².